The third-order valence-electron chi connectivity index (χ3n) is 1.90. The third-order valence-corrected chi connectivity index (χ3v) is 3.38. The number of methoxy groups -OCH3 is 1. The van der Waals surface area contributed by atoms with E-state index in [9.17, 15) is 13.2 Å². The first-order valence-corrected chi connectivity index (χ1v) is 6.22. The van der Waals surface area contributed by atoms with Gasteiger partial charge in [0.15, 0.2) is 0 Å². The molecule has 0 unspecified atom stereocenters. The molecule has 1 heterocycles. The first-order valence-electron chi connectivity index (χ1n) is 4.73. The molecule has 7 heteroatoms. The molecule has 0 saturated heterocycles. The number of nitrogens with one attached hydrogen (secondary N) is 2. The number of pyridine rings is 1. The van der Waals surface area contributed by atoms with Gasteiger partial charge in [0.2, 0.25) is 15.5 Å². The fourth-order valence-electron chi connectivity index (χ4n) is 1.11. The summed E-state index contributed by atoms with van der Waals surface area (Å²) in [6.45, 7) is 0.707. The van der Waals surface area contributed by atoms with Crippen LogP contribution in [0.4, 0.5) is 0 Å². The number of hydrogen-bond donors (Lipinski definition) is 2. The number of aromatic amines is 1. The molecule has 90 valence electrons. The summed E-state index contributed by atoms with van der Waals surface area (Å²) >= 11 is 0. The zero-order chi connectivity index (χ0) is 12.0. The van der Waals surface area contributed by atoms with E-state index in [-0.39, 0.29) is 11.4 Å². The molecule has 0 radical (unpaired) electrons. The highest BCUT2D eigenvalue weighted by Crippen LogP contribution is 1.99. The third kappa shape index (κ3) is 3.44. The predicted octanol–water partition coefficient (Wildman–Crippen LogP) is -0.310. The van der Waals surface area contributed by atoms with E-state index in [1.807, 2.05) is 0 Å². The fraction of sp³-hybridized carbons (Fsp3) is 0.444. The van der Waals surface area contributed by atoms with Crippen LogP contribution in [0.5, 0.6) is 0 Å². The predicted molar refractivity (Wildman–Crippen MR) is 58.7 cm³/mol. The Hall–Kier alpha value is -1.18. The van der Waals surface area contributed by atoms with Crippen LogP contribution in [-0.4, -0.2) is 33.7 Å². The molecule has 1 aromatic rings. The van der Waals surface area contributed by atoms with E-state index in [2.05, 4.69) is 9.71 Å². The van der Waals surface area contributed by atoms with Crippen LogP contribution >= 0.6 is 0 Å². The summed E-state index contributed by atoms with van der Waals surface area (Å²) in [5.74, 6) is 0. The lowest BCUT2D eigenvalue weighted by molar-refractivity contribution is 0.196. The van der Waals surface area contributed by atoms with Crippen LogP contribution in [0.15, 0.2) is 28.2 Å². The van der Waals surface area contributed by atoms with Gasteiger partial charge in [-0.2, -0.15) is 0 Å². The van der Waals surface area contributed by atoms with Crippen molar-refractivity contribution in [3.8, 4) is 0 Å². The summed E-state index contributed by atoms with van der Waals surface area (Å²) in [7, 11) is -2.18. The van der Waals surface area contributed by atoms with Crippen molar-refractivity contribution in [3.63, 3.8) is 0 Å². The van der Waals surface area contributed by atoms with Gasteiger partial charge in [0.05, 0.1) is 0 Å². The fourth-order valence-corrected chi connectivity index (χ4v) is 2.24. The molecule has 0 atom stereocenters. The maximum absolute atomic E-state index is 11.6. The molecule has 16 heavy (non-hydrogen) atoms. The van der Waals surface area contributed by atoms with Gasteiger partial charge >= 0.3 is 0 Å². The van der Waals surface area contributed by atoms with Crippen LogP contribution in [0.25, 0.3) is 0 Å². The molecular formula is C9H14N2O4S. The zero-order valence-electron chi connectivity index (χ0n) is 8.89. The van der Waals surface area contributed by atoms with Gasteiger partial charge in [-0.15, -0.1) is 0 Å². The second-order valence-corrected chi connectivity index (χ2v) is 4.85. The molecule has 1 aromatic heterocycles. The van der Waals surface area contributed by atoms with Crippen molar-refractivity contribution in [2.45, 2.75) is 11.3 Å². The number of rotatable bonds is 6. The maximum Gasteiger partial charge on any atom is 0.245 e. The van der Waals surface area contributed by atoms with Gasteiger partial charge in [-0.25, -0.2) is 13.1 Å². The van der Waals surface area contributed by atoms with Gasteiger partial charge in [-0.05, 0) is 6.42 Å². The van der Waals surface area contributed by atoms with Crippen molar-refractivity contribution in [3.05, 3.63) is 28.7 Å². The average molecular weight is 246 g/mol. The van der Waals surface area contributed by atoms with Gasteiger partial charge in [0.1, 0.15) is 4.90 Å². The molecular weight excluding hydrogens is 232 g/mol. The normalized spacial score (nSPS) is 11.6. The molecule has 0 aliphatic rings. The highest BCUT2D eigenvalue weighted by Gasteiger charge is 2.16. The lowest BCUT2D eigenvalue weighted by Gasteiger charge is -2.05. The van der Waals surface area contributed by atoms with E-state index >= 15 is 0 Å². The Bertz CT molecular complexity index is 480. The van der Waals surface area contributed by atoms with Crippen molar-refractivity contribution in [1.82, 2.24) is 9.71 Å². The summed E-state index contributed by atoms with van der Waals surface area (Å²) in [4.78, 5) is 13.6. The van der Waals surface area contributed by atoms with Gasteiger partial charge < -0.3 is 9.72 Å². The summed E-state index contributed by atoms with van der Waals surface area (Å²) < 4.78 is 30.4. The van der Waals surface area contributed by atoms with E-state index in [1.54, 1.807) is 0 Å². The second-order valence-electron chi connectivity index (χ2n) is 3.12. The van der Waals surface area contributed by atoms with Crippen molar-refractivity contribution in [2.24, 2.45) is 0 Å². The molecule has 0 spiro atoms. The second kappa shape index (κ2) is 5.78. The van der Waals surface area contributed by atoms with Crippen LogP contribution in [0, 0.1) is 0 Å². The monoisotopic (exact) mass is 246 g/mol. The van der Waals surface area contributed by atoms with Crippen LogP contribution in [0.2, 0.25) is 0 Å². The Kier molecular flexibility index (Phi) is 4.66. The van der Waals surface area contributed by atoms with Crippen molar-refractivity contribution in [2.75, 3.05) is 20.3 Å². The van der Waals surface area contributed by atoms with E-state index in [4.69, 9.17) is 4.74 Å². The largest absolute Gasteiger partial charge is 0.385 e. The Balaban J connectivity index is 2.72. The molecule has 2 N–H and O–H groups in total. The first kappa shape index (κ1) is 12.9. The van der Waals surface area contributed by atoms with Crippen molar-refractivity contribution < 1.29 is 13.2 Å². The summed E-state index contributed by atoms with van der Waals surface area (Å²) in [6, 6.07) is 1.17. The molecule has 0 aliphatic heterocycles. The minimum Gasteiger partial charge on any atom is -0.385 e. The van der Waals surface area contributed by atoms with E-state index < -0.39 is 15.5 Å². The summed E-state index contributed by atoms with van der Waals surface area (Å²) in [5.41, 5.74) is -0.530. The molecule has 0 saturated carbocycles. The molecule has 6 nitrogen and oxygen atoms in total. The highest BCUT2D eigenvalue weighted by atomic mass is 32.2. The molecule has 0 aromatic carbocycles. The number of ether oxygens (including phenoxy) is 1. The van der Waals surface area contributed by atoms with Gasteiger partial charge in [-0.1, -0.05) is 0 Å². The minimum absolute atomic E-state index is 0.241. The summed E-state index contributed by atoms with van der Waals surface area (Å²) in [6.07, 6.45) is 3.10. The minimum atomic E-state index is -3.72. The zero-order valence-corrected chi connectivity index (χ0v) is 9.71. The van der Waals surface area contributed by atoms with E-state index in [0.29, 0.717) is 13.0 Å². The summed E-state index contributed by atoms with van der Waals surface area (Å²) in [5, 5.41) is 0. The van der Waals surface area contributed by atoms with Crippen LogP contribution in [0.3, 0.4) is 0 Å². The van der Waals surface area contributed by atoms with Gasteiger partial charge in [0.25, 0.3) is 0 Å². The van der Waals surface area contributed by atoms with Gasteiger partial charge in [-0.3, -0.25) is 4.79 Å². The van der Waals surface area contributed by atoms with Gasteiger partial charge in [0, 0.05) is 38.7 Å². The number of H-pyrrole nitrogens is 1. The average Bonchev–Trinajstić information content (AvgIpc) is 2.25. The quantitative estimate of drug-likeness (QED) is 0.674. The van der Waals surface area contributed by atoms with E-state index in [0.717, 1.165) is 0 Å². The Labute approximate surface area is 93.7 Å². The van der Waals surface area contributed by atoms with Crippen LogP contribution in [0.1, 0.15) is 6.42 Å². The van der Waals surface area contributed by atoms with Crippen LogP contribution in [-0.2, 0) is 14.8 Å². The first-order chi connectivity index (χ1) is 7.58. The SMILES string of the molecule is COCCCNS(=O)(=O)c1c[nH]ccc1=O. The maximum atomic E-state index is 11.6. The smallest absolute Gasteiger partial charge is 0.245 e. The molecule has 0 aliphatic carbocycles. The highest BCUT2D eigenvalue weighted by molar-refractivity contribution is 7.89. The lowest BCUT2D eigenvalue weighted by atomic mass is 10.5. The van der Waals surface area contributed by atoms with Crippen molar-refractivity contribution in [1.29, 1.82) is 0 Å². The Morgan fingerprint density at radius 1 is 1.50 bits per heavy atom. The Morgan fingerprint density at radius 3 is 2.88 bits per heavy atom. The number of aromatic nitrogens is 1. The molecule has 0 bridgehead atoms. The van der Waals surface area contributed by atoms with Crippen LogP contribution < -0.4 is 10.2 Å². The van der Waals surface area contributed by atoms with E-state index in [1.165, 1.54) is 25.6 Å². The molecule has 0 amide bonds. The standard InChI is InChI=1S/C9H14N2O4S/c1-15-6-2-4-11-16(13,14)9-7-10-5-3-8(9)12/h3,5,7,11H,2,4,6H2,1H3,(H,10,12). The molecule has 0 fully saturated rings. The Morgan fingerprint density at radius 2 is 2.25 bits per heavy atom. The topological polar surface area (TPSA) is 88.3 Å². The van der Waals surface area contributed by atoms with Crippen molar-refractivity contribution >= 4 is 10.0 Å². The number of sulfonamides is 1. The molecule has 1 rings (SSSR count). The number of hydrogen-bond acceptors (Lipinski definition) is 4. The lowest BCUT2D eigenvalue weighted by Crippen LogP contribution is -2.29.